The number of aliphatic carboxylic acids is 1. The third kappa shape index (κ3) is 3.57. The van der Waals surface area contributed by atoms with Crippen molar-refractivity contribution >= 4 is 5.97 Å². The van der Waals surface area contributed by atoms with Crippen LogP contribution in [0.15, 0.2) is 0 Å². The second-order valence-electron chi connectivity index (χ2n) is 3.68. The van der Waals surface area contributed by atoms with Gasteiger partial charge in [-0.05, 0) is 19.4 Å². The second kappa shape index (κ2) is 5.24. The van der Waals surface area contributed by atoms with Gasteiger partial charge in [0.2, 0.25) is 6.43 Å². The number of halogens is 2. The number of carboxylic acid groups (broad SMARTS) is 1. The molecule has 0 spiro atoms. The summed E-state index contributed by atoms with van der Waals surface area (Å²) in [6, 6.07) is 0. The number of carbonyl (C=O) groups is 1. The highest BCUT2D eigenvalue weighted by Gasteiger charge is 2.26. The molecule has 3 nitrogen and oxygen atoms in total. The van der Waals surface area contributed by atoms with Crippen molar-refractivity contribution < 1.29 is 18.7 Å². The molecule has 0 aromatic heterocycles. The van der Waals surface area contributed by atoms with Crippen molar-refractivity contribution in [1.29, 1.82) is 0 Å². The Labute approximate surface area is 81.7 Å². The molecule has 0 aromatic rings. The van der Waals surface area contributed by atoms with E-state index in [1.807, 2.05) is 4.90 Å². The van der Waals surface area contributed by atoms with Crippen molar-refractivity contribution in [2.75, 3.05) is 19.6 Å². The summed E-state index contributed by atoms with van der Waals surface area (Å²) in [4.78, 5) is 12.1. The molecule has 1 fully saturated rings. The van der Waals surface area contributed by atoms with Crippen LogP contribution < -0.4 is 0 Å². The lowest BCUT2D eigenvalue weighted by Crippen LogP contribution is -2.39. The Hall–Kier alpha value is -0.710. The van der Waals surface area contributed by atoms with Crippen molar-refractivity contribution in [2.45, 2.75) is 25.7 Å². The largest absolute Gasteiger partial charge is 0.481 e. The molecule has 1 heterocycles. The topological polar surface area (TPSA) is 40.5 Å². The maximum atomic E-state index is 12.3. The number of hydrogen-bond acceptors (Lipinski definition) is 2. The van der Waals surface area contributed by atoms with Gasteiger partial charge in [-0.2, -0.15) is 0 Å². The van der Waals surface area contributed by atoms with Crippen LogP contribution in [0, 0.1) is 5.92 Å². The first-order valence-electron chi connectivity index (χ1n) is 4.82. The Morgan fingerprint density at radius 2 is 2.29 bits per heavy atom. The molecule has 0 unspecified atom stereocenters. The first-order valence-corrected chi connectivity index (χ1v) is 4.82. The third-order valence-corrected chi connectivity index (χ3v) is 2.54. The number of nitrogens with zero attached hydrogens (tertiary/aromatic N) is 1. The van der Waals surface area contributed by atoms with Crippen LogP contribution in [0.4, 0.5) is 8.78 Å². The summed E-state index contributed by atoms with van der Waals surface area (Å²) < 4.78 is 24.7. The highest BCUT2D eigenvalue weighted by molar-refractivity contribution is 5.66. The van der Waals surface area contributed by atoms with Crippen LogP contribution in [0.3, 0.4) is 0 Å². The lowest BCUT2D eigenvalue weighted by Gasteiger charge is -2.31. The summed E-state index contributed by atoms with van der Waals surface area (Å²) in [5, 5.41) is 8.44. The zero-order valence-corrected chi connectivity index (χ0v) is 7.96. The highest BCUT2D eigenvalue weighted by atomic mass is 19.3. The van der Waals surface area contributed by atoms with Crippen LogP contribution >= 0.6 is 0 Å². The summed E-state index contributed by atoms with van der Waals surface area (Å²) in [6.07, 6.45) is -0.936. The van der Waals surface area contributed by atoms with Gasteiger partial charge >= 0.3 is 5.97 Å². The van der Waals surface area contributed by atoms with E-state index in [2.05, 4.69) is 0 Å². The minimum atomic E-state index is -2.28. The minimum Gasteiger partial charge on any atom is -0.481 e. The van der Waals surface area contributed by atoms with Gasteiger partial charge in [0, 0.05) is 19.0 Å². The van der Waals surface area contributed by atoms with Gasteiger partial charge in [0.25, 0.3) is 0 Å². The van der Waals surface area contributed by atoms with Crippen LogP contribution in [0.5, 0.6) is 0 Å². The first kappa shape index (κ1) is 11.4. The van der Waals surface area contributed by atoms with Gasteiger partial charge < -0.3 is 10.0 Å². The van der Waals surface area contributed by atoms with Gasteiger partial charge in [-0.25, -0.2) is 8.78 Å². The van der Waals surface area contributed by atoms with Gasteiger partial charge in [-0.3, -0.25) is 4.79 Å². The monoisotopic (exact) mass is 207 g/mol. The maximum Gasteiger partial charge on any atom is 0.304 e. The summed E-state index contributed by atoms with van der Waals surface area (Å²) in [5.74, 6) is -1.44. The Balaban J connectivity index is 2.29. The molecular weight excluding hydrogens is 192 g/mol. The summed E-state index contributed by atoms with van der Waals surface area (Å²) in [6.45, 7) is 1.47. The Morgan fingerprint density at radius 3 is 2.86 bits per heavy atom. The minimum absolute atomic E-state index is 0.0377. The Kier molecular flexibility index (Phi) is 4.25. The van der Waals surface area contributed by atoms with Crippen molar-refractivity contribution in [3.63, 3.8) is 0 Å². The van der Waals surface area contributed by atoms with Crippen LogP contribution in [-0.4, -0.2) is 42.0 Å². The zero-order chi connectivity index (χ0) is 10.6. The highest BCUT2D eigenvalue weighted by Crippen LogP contribution is 2.22. The molecule has 5 heteroatoms. The molecule has 82 valence electrons. The van der Waals surface area contributed by atoms with E-state index in [9.17, 15) is 13.6 Å². The average molecular weight is 207 g/mol. The van der Waals surface area contributed by atoms with E-state index < -0.39 is 18.3 Å². The second-order valence-corrected chi connectivity index (χ2v) is 3.68. The number of likely N-dealkylation sites (tertiary alicyclic amines) is 1. The van der Waals surface area contributed by atoms with E-state index in [1.54, 1.807) is 0 Å². The Bertz CT molecular complexity index is 199. The van der Waals surface area contributed by atoms with Crippen LogP contribution in [-0.2, 0) is 4.79 Å². The van der Waals surface area contributed by atoms with E-state index in [4.69, 9.17) is 5.11 Å². The quantitative estimate of drug-likeness (QED) is 0.758. The molecule has 0 amide bonds. The van der Waals surface area contributed by atoms with Gasteiger partial charge in [-0.1, -0.05) is 0 Å². The molecule has 0 bridgehead atoms. The molecule has 0 aromatic carbocycles. The van der Waals surface area contributed by atoms with Crippen molar-refractivity contribution in [2.24, 2.45) is 5.92 Å². The molecule has 1 saturated heterocycles. The lowest BCUT2D eigenvalue weighted by atomic mass is 9.98. The number of rotatable bonds is 4. The van der Waals surface area contributed by atoms with Crippen LogP contribution in [0.25, 0.3) is 0 Å². The SMILES string of the molecule is O=C(O)CCN1CCC[C@H](C(F)F)C1. The maximum absolute atomic E-state index is 12.3. The Morgan fingerprint density at radius 1 is 1.57 bits per heavy atom. The fraction of sp³-hybridized carbons (Fsp3) is 0.889. The summed E-state index contributed by atoms with van der Waals surface area (Å²) in [5.41, 5.74) is 0. The first-order chi connectivity index (χ1) is 6.59. The summed E-state index contributed by atoms with van der Waals surface area (Å²) >= 11 is 0. The molecule has 0 aliphatic carbocycles. The third-order valence-electron chi connectivity index (χ3n) is 2.54. The van der Waals surface area contributed by atoms with Crippen molar-refractivity contribution in [3.05, 3.63) is 0 Å². The van der Waals surface area contributed by atoms with Gasteiger partial charge in [0.05, 0.1) is 6.42 Å². The molecule has 1 N–H and O–H groups in total. The fourth-order valence-electron chi connectivity index (χ4n) is 1.75. The standard InChI is InChI=1S/C9H15F2NO2/c10-9(11)7-2-1-4-12(6-7)5-3-8(13)14/h7,9H,1-6H2,(H,13,14)/t7-/m0/s1. The zero-order valence-electron chi connectivity index (χ0n) is 7.96. The molecule has 0 saturated carbocycles. The average Bonchev–Trinajstić information content (AvgIpc) is 2.15. The predicted molar refractivity (Wildman–Crippen MR) is 47.4 cm³/mol. The van der Waals surface area contributed by atoms with E-state index in [1.165, 1.54) is 0 Å². The molecule has 14 heavy (non-hydrogen) atoms. The van der Waals surface area contributed by atoms with E-state index in [0.29, 0.717) is 19.5 Å². The van der Waals surface area contributed by atoms with E-state index in [0.717, 1.165) is 13.0 Å². The molecular formula is C9H15F2NO2. The predicted octanol–water partition coefficient (Wildman–Crippen LogP) is 1.44. The molecule has 0 radical (unpaired) electrons. The number of hydrogen-bond donors (Lipinski definition) is 1. The van der Waals surface area contributed by atoms with Crippen molar-refractivity contribution in [3.8, 4) is 0 Å². The van der Waals surface area contributed by atoms with Gasteiger partial charge in [0.1, 0.15) is 0 Å². The number of piperidine rings is 1. The molecule has 1 aliphatic heterocycles. The van der Waals surface area contributed by atoms with Crippen LogP contribution in [0.2, 0.25) is 0 Å². The van der Waals surface area contributed by atoms with Gasteiger partial charge in [-0.15, -0.1) is 0 Å². The van der Waals surface area contributed by atoms with Gasteiger partial charge in [0.15, 0.2) is 0 Å². The fourth-order valence-corrected chi connectivity index (χ4v) is 1.75. The number of alkyl halides is 2. The molecule has 1 aliphatic rings. The normalized spacial score (nSPS) is 24.1. The molecule has 1 atom stereocenters. The molecule has 1 rings (SSSR count). The van der Waals surface area contributed by atoms with Crippen molar-refractivity contribution in [1.82, 2.24) is 4.90 Å². The van der Waals surface area contributed by atoms with E-state index in [-0.39, 0.29) is 6.42 Å². The van der Waals surface area contributed by atoms with Crippen LogP contribution in [0.1, 0.15) is 19.3 Å². The number of carboxylic acids is 1. The van der Waals surface area contributed by atoms with E-state index >= 15 is 0 Å². The summed E-state index contributed by atoms with van der Waals surface area (Å²) in [7, 11) is 0. The smallest absolute Gasteiger partial charge is 0.304 e. The lowest BCUT2D eigenvalue weighted by molar-refractivity contribution is -0.137.